The minimum atomic E-state index is -0.452. The summed E-state index contributed by atoms with van der Waals surface area (Å²) in [7, 11) is 0. The number of hydrogen-bond acceptors (Lipinski definition) is 3. The van der Waals surface area contributed by atoms with Crippen LogP contribution in [0.15, 0.2) is 65.6 Å². The zero-order valence-electron chi connectivity index (χ0n) is 22.9. The van der Waals surface area contributed by atoms with Crippen LogP contribution in [-0.4, -0.2) is 18.7 Å². The predicted octanol–water partition coefficient (Wildman–Crippen LogP) is 7.41. The Kier molecular flexibility index (Phi) is 5.59. The highest BCUT2D eigenvalue weighted by Gasteiger charge is 2.43. The van der Waals surface area contributed by atoms with Crippen LogP contribution in [0.3, 0.4) is 0 Å². The van der Waals surface area contributed by atoms with E-state index in [2.05, 4.69) is 86.0 Å². The summed E-state index contributed by atoms with van der Waals surface area (Å²) >= 11 is 0. The third-order valence-corrected chi connectivity index (χ3v) is 9.19. The number of allylic oxidation sites excluding steroid dienone is 3. The van der Waals surface area contributed by atoms with E-state index in [-0.39, 0.29) is 16.5 Å². The molecule has 6 rings (SSSR count). The highest BCUT2D eigenvalue weighted by Crippen LogP contribution is 2.50. The maximum absolute atomic E-state index is 9.66. The number of hydrogen-bond donors (Lipinski definition) is 0. The molecule has 0 saturated heterocycles. The molecule has 4 aliphatic rings. The summed E-state index contributed by atoms with van der Waals surface area (Å²) in [4.78, 5) is 6.13. The molecule has 1 aliphatic carbocycles. The van der Waals surface area contributed by atoms with E-state index in [1.165, 1.54) is 33.5 Å². The molecule has 0 bridgehead atoms. The van der Waals surface area contributed by atoms with Crippen molar-refractivity contribution in [2.45, 2.75) is 76.2 Å². The van der Waals surface area contributed by atoms with E-state index in [9.17, 15) is 5.26 Å². The molecule has 2 aromatic carbocycles. The van der Waals surface area contributed by atoms with E-state index in [0.717, 1.165) is 50.1 Å². The van der Waals surface area contributed by atoms with Gasteiger partial charge in [0.05, 0.1) is 12.6 Å². The third-order valence-electron chi connectivity index (χ3n) is 9.19. The van der Waals surface area contributed by atoms with E-state index in [1.807, 2.05) is 12.2 Å². The predicted molar refractivity (Wildman–Crippen MR) is 153 cm³/mol. The van der Waals surface area contributed by atoms with Crippen LogP contribution >= 0.6 is 0 Å². The van der Waals surface area contributed by atoms with Crippen LogP contribution in [-0.2, 0) is 28.4 Å². The molecular formula is C34H35N3O. The smallest absolute Gasteiger partial charge is 0.265 e. The van der Waals surface area contributed by atoms with Gasteiger partial charge in [-0.05, 0) is 81.3 Å². The summed E-state index contributed by atoms with van der Waals surface area (Å²) in [6.45, 7) is 19.3. The van der Waals surface area contributed by atoms with Crippen LogP contribution in [0.25, 0.3) is 10.9 Å². The lowest BCUT2D eigenvalue weighted by atomic mass is 9.69. The normalized spacial score (nSPS) is 23.1. The Morgan fingerprint density at radius 2 is 1.58 bits per heavy atom. The summed E-state index contributed by atoms with van der Waals surface area (Å²) in [5.74, 6) is 0.724. The molecule has 0 atom stereocenters. The summed E-state index contributed by atoms with van der Waals surface area (Å²) in [6.07, 6.45) is 10.6. The topological polar surface area (TPSA) is 40.6 Å². The Balaban J connectivity index is 1.40. The second-order valence-corrected chi connectivity index (χ2v) is 12.8. The van der Waals surface area contributed by atoms with Crippen molar-refractivity contribution in [3.8, 4) is 6.07 Å². The Morgan fingerprint density at radius 1 is 0.974 bits per heavy atom. The standard InChI is InChI=1S/C34H35N3O/c1-32(2)12-14-37-15-13-33(3,4)29-17-23(16-28(32)31(29)37)10-11-27-18-26(30(22-35)36-5)21-34(38-27)19-24-8-6-7-9-25(24)20-34/h6-11,16-18H,12-15,19-21H2,1-4H3/b11-10+,30-26+. The fourth-order valence-corrected chi connectivity index (χ4v) is 6.88. The van der Waals surface area contributed by atoms with E-state index >= 15 is 0 Å². The zero-order valence-corrected chi connectivity index (χ0v) is 22.9. The quantitative estimate of drug-likeness (QED) is 0.318. The van der Waals surface area contributed by atoms with Gasteiger partial charge in [-0.2, -0.15) is 0 Å². The van der Waals surface area contributed by atoms with E-state index in [4.69, 9.17) is 11.3 Å². The van der Waals surface area contributed by atoms with Crippen molar-refractivity contribution in [2.24, 2.45) is 0 Å². The summed E-state index contributed by atoms with van der Waals surface area (Å²) in [5.41, 5.74) is 8.85. The van der Waals surface area contributed by atoms with Crippen LogP contribution in [0.4, 0.5) is 5.69 Å². The second-order valence-electron chi connectivity index (χ2n) is 12.8. The Bertz CT molecular complexity index is 1420. The van der Waals surface area contributed by atoms with E-state index in [0.29, 0.717) is 6.42 Å². The summed E-state index contributed by atoms with van der Waals surface area (Å²) in [6, 6.07) is 15.3. The molecule has 0 N–H and O–H groups in total. The zero-order chi connectivity index (χ0) is 26.7. The lowest BCUT2D eigenvalue weighted by molar-refractivity contribution is 0.0108. The van der Waals surface area contributed by atoms with Crippen LogP contribution in [0.5, 0.6) is 0 Å². The maximum atomic E-state index is 9.66. The number of nitrogens with zero attached hydrogens (tertiary/aromatic N) is 3. The van der Waals surface area contributed by atoms with Gasteiger partial charge in [-0.25, -0.2) is 10.1 Å². The molecule has 0 amide bonds. The van der Waals surface area contributed by atoms with Gasteiger partial charge in [0.15, 0.2) is 0 Å². The van der Waals surface area contributed by atoms with Gasteiger partial charge in [0.25, 0.3) is 5.70 Å². The molecule has 4 heteroatoms. The van der Waals surface area contributed by atoms with E-state index < -0.39 is 5.60 Å². The third kappa shape index (κ3) is 4.04. The van der Waals surface area contributed by atoms with Crippen molar-refractivity contribution < 1.29 is 4.74 Å². The molecule has 3 aliphatic heterocycles. The molecule has 4 nitrogen and oxygen atoms in total. The summed E-state index contributed by atoms with van der Waals surface area (Å²) < 4.78 is 6.71. The molecule has 1 spiro atoms. The van der Waals surface area contributed by atoms with Gasteiger partial charge >= 0.3 is 0 Å². The number of benzene rings is 2. The summed E-state index contributed by atoms with van der Waals surface area (Å²) in [5, 5.41) is 9.66. The minimum Gasteiger partial charge on any atom is -0.486 e. The van der Waals surface area contributed by atoms with Gasteiger partial charge < -0.3 is 9.64 Å². The molecular weight excluding hydrogens is 466 g/mol. The number of anilines is 1. The van der Waals surface area contributed by atoms with E-state index in [1.54, 1.807) is 0 Å². The first kappa shape index (κ1) is 24.6. The van der Waals surface area contributed by atoms with Crippen molar-refractivity contribution in [2.75, 3.05) is 18.0 Å². The molecule has 2 aromatic rings. The monoisotopic (exact) mass is 501 g/mol. The largest absolute Gasteiger partial charge is 0.486 e. The average Bonchev–Trinajstić information content (AvgIpc) is 3.23. The second kappa shape index (κ2) is 8.64. The molecule has 3 heterocycles. The highest BCUT2D eigenvalue weighted by atomic mass is 16.5. The van der Waals surface area contributed by atoms with Gasteiger partial charge in [-0.1, -0.05) is 58.0 Å². The average molecular weight is 502 g/mol. The van der Waals surface area contributed by atoms with Crippen molar-refractivity contribution in [1.29, 1.82) is 5.26 Å². The maximum Gasteiger partial charge on any atom is 0.265 e. The Labute approximate surface area is 226 Å². The molecule has 0 unspecified atom stereocenters. The lowest BCUT2D eigenvalue weighted by Crippen LogP contribution is -2.44. The van der Waals surface area contributed by atoms with Crippen molar-refractivity contribution in [3.63, 3.8) is 0 Å². The first-order valence-corrected chi connectivity index (χ1v) is 13.7. The van der Waals surface area contributed by atoms with Crippen LogP contribution < -0.4 is 4.90 Å². The SMILES string of the molecule is [C-]#[N+]/C(C#N)=C1C=C(/C=C/c2cc3c4c(c2)C(C)(C)CCN4CCC3(C)C)OC2(C\1)Cc1ccccc1C2. The molecule has 0 fully saturated rings. The Morgan fingerprint density at radius 3 is 2.13 bits per heavy atom. The minimum absolute atomic E-state index is 0.130. The Hall–Kier alpha value is -3.76. The van der Waals surface area contributed by atoms with Gasteiger partial charge in [0.2, 0.25) is 0 Å². The number of nitriles is 1. The fraction of sp³-hybridized carbons (Fsp3) is 0.412. The first-order valence-electron chi connectivity index (χ1n) is 13.7. The molecule has 0 radical (unpaired) electrons. The molecule has 0 aromatic heterocycles. The lowest BCUT2D eigenvalue weighted by Gasteiger charge is -2.48. The number of fused-ring (bicyclic) bond motifs is 1. The fourth-order valence-electron chi connectivity index (χ4n) is 6.88. The molecule has 192 valence electrons. The molecule has 0 saturated carbocycles. The van der Waals surface area contributed by atoms with Crippen LogP contribution in [0.1, 0.15) is 74.8 Å². The number of ether oxygens (including phenoxy) is 1. The van der Waals surface area contributed by atoms with Crippen molar-refractivity contribution >= 4 is 11.8 Å². The van der Waals surface area contributed by atoms with Gasteiger partial charge in [-0.3, -0.25) is 0 Å². The van der Waals surface area contributed by atoms with Crippen molar-refractivity contribution in [3.05, 3.63) is 105 Å². The van der Waals surface area contributed by atoms with Crippen LogP contribution in [0.2, 0.25) is 0 Å². The van der Waals surface area contributed by atoms with Gasteiger partial charge in [0, 0.05) is 38.0 Å². The first-order chi connectivity index (χ1) is 18.1. The van der Waals surface area contributed by atoms with Gasteiger partial charge in [0.1, 0.15) is 11.4 Å². The number of rotatable bonds is 2. The highest BCUT2D eigenvalue weighted by molar-refractivity contribution is 5.72. The van der Waals surface area contributed by atoms with Gasteiger partial charge in [-0.15, -0.1) is 0 Å². The van der Waals surface area contributed by atoms with Crippen molar-refractivity contribution in [1.82, 2.24) is 0 Å². The molecule has 38 heavy (non-hydrogen) atoms. The van der Waals surface area contributed by atoms with Crippen LogP contribution in [0, 0.1) is 17.9 Å².